The molecule has 1 rings (SSSR count). The van der Waals surface area contributed by atoms with Crippen molar-refractivity contribution in [2.24, 2.45) is 0 Å². The van der Waals surface area contributed by atoms with Gasteiger partial charge in [-0.1, -0.05) is 11.6 Å². The summed E-state index contributed by atoms with van der Waals surface area (Å²) in [5.41, 5.74) is 0.141. The number of nitrogens with zero attached hydrogens (tertiary/aromatic N) is 2. The quantitative estimate of drug-likeness (QED) is 0.607. The molecule has 1 aromatic rings. The molecule has 0 fully saturated rings. The van der Waals surface area contributed by atoms with Crippen molar-refractivity contribution in [2.45, 2.75) is 6.92 Å². The zero-order chi connectivity index (χ0) is 9.84. The third kappa shape index (κ3) is 2.38. The highest BCUT2D eigenvalue weighted by molar-refractivity contribution is 9.10. The number of carbonyl (C=O) groups excluding carboxylic acids is 1. The zero-order valence-electron chi connectivity index (χ0n) is 6.75. The van der Waals surface area contributed by atoms with Gasteiger partial charge in [0.05, 0.1) is 11.1 Å². The monoisotopic (exact) mass is 264 g/mol. The number of halogens is 2. The van der Waals surface area contributed by atoms with Crippen LogP contribution in [-0.2, 0) is 4.74 Å². The fraction of sp³-hybridized carbons (Fsp3) is 0.286. The first-order chi connectivity index (χ1) is 6.16. The first-order valence-corrected chi connectivity index (χ1v) is 4.67. The number of rotatable bonds is 2. The Labute approximate surface area is 88.4 Å². The Morgan fingerprint density at radius 3 is 3.00 bits per heavy atom. The molecule has 4 nitrogen and oxygen atoms in total. The molecule has 1 heterocycles. The van der Waals surface area contributed by atoms with Crippen molar-refractivity contribution < 1.29 is 9.53 Å². The van der Waals surface area contributed by atoms with E-state index in [2.05, 4.69) is 25.9 Å². The van der Waals surface area contributed by atoms with Crippen LogP contribution in [0, 0.1) is 0 Å². The molecular weight excluding hydrogens is 259 g/mol. The molecule has 0 aliphatic heterocycles. The minimum Gasteiger partial charge on any atom is -0.461 e. The van der Waals surface area contributed by atoms with E-state index in [1.165, 1.54) is 6.33 Å². The van der Waals surface area contributed by atoms with Gasteiger partial charge in [-0.15, -0.1) is 0 Å². The fourth-order valence-corrected chi connectivity index (χ4v) is 1.19. The van der Waals surface area contributed by atoms with Crippen LogP contribution in [0.15, 0.2) is 10.8 Å². The van der Waals surface area contributed by atoms with Crippen LogP contribution in [0.3, 0.4) is 0 Å². The highest BCUT2D eigenvalue weighted by Gasteiger charge is 2.15. The summed E-state index contributed by atoms with van der Waals surface area (Å²) >= 11 is 8.75. The lowest BCUT2D eigenvalue weighted by Gasteiger charge is -2.02. The summed E-state index contributed by atoms with van der Waals surface area (Å²) < 4.78 is 5.10. The molecule has 70 valence electrons. The van der Waals surface area contributed by atoms with Crippen molar-refractivity contribution in [1.82, 2.24) is 9.97 Å². The Morgan fingerprint density at radius 2 is 2.38 bits per heavy atom. The lowest BCUT2D eigenvalue weighted by atomic mass is 10.4. The van der Waals surface area contributed by atoms with Gasteiger partial charge in [-0.3, -0.25) is 0 Å². The van der Waals surface area contributed by atoms with Gasteiger partial charge in [0.15, 0.2) is 5.69 Å². The van der Waals surface area contributed by atoms with Crippen LogP contribution in [0.25, 0.3) is 0 Å². The molecule has 6 heteroatoms. The molecule has 0 radical (unpaired) electrons. The second kappa shape index (κ2) is 4.53. The van der Waals surface area contributed by atoms with E-state index in [1.54, 1.807) is 6.92 Å². The van der Waals surface area contributed by atoms with Crippen molar-refractivity contribution in [3.8, 4) is 0 Å². The molecule has 0 aliphatic carbocycles. The SMILES string of the molecule is CCOC(=O)c1ncnc(Cl)c1Br. The van der Waals surface area contributed by atoms with Crippen molar-refractivity contribution in [3.63, 3.8) is 0 Å². The van der Waals surface area contributed by atoms with E-state index in [0.717, 1.165) is 0 Å². The zero-order valence-corrected chi connectivity index (χ0v) is 9.09. The van der Waals surface area contributed by atoms with Crippen LogP contribution < -0.4 is 0 Å². The fourth-order valence-electron chi connectivity index (χ4n) is 0.690. The van der Waals surface area contributed by atoms with Crippen LogP contribution in [-0.4, -0.2) is 22.5 Å². The molecule has 0 saturated carbocycles. The van der Waals surface area contributed by atoms with E-state index >= 15 is 0 Å². The topological polar surface area (TPSA) is 52.1 Å². The largest absolute Gasteiger partial charge is 0.461 e. The van der Waals surface area contributed by atoms with E-state index in [9.17, 15) is 4.79 Å². The predicted octanol–water partition coefficient (Wildman–Crippen LogP) is 2.07. The van der Waals surface area contributed by atoms with Crippen molar-refractivity contribution in [2.75, 3.05) is 6.61 Å². The molecule has 1 aromatic heterocycles. The summed E-state index contributed by atoms with van der Waals surface area (Å²) in [5, 5.41) is 0.193. The third-order valence-corrected chi connectivity index (χ3v) is 2.48. The minimum atomic E-state index is -0.515. The Kier molecular flexibility index (Phi) is 3.62. The molecule has 0 aromatic carbocycles. The summed E-state index contributed by atoms with van der Waals surface area (Å²) in [7, 11) is 0. The van der Waals surface area contributed by atoms with Crippen LogP contribution in [0.5, 0.6) is 0 Å². The number of carbonyl (C=O) groups is 1. The Balaban J connectivity index is 3.01. The van der Waals surface area contributed by atoms with Gasteiger partial charge in [0.25, 0.3) is 0 Å². The molecular formula is C7H6BrClN2O2. The van der Waals surface area contributed by atoms with Gasteiger partial charge >= 0.3 is 5.97 Å². The first kappa shape index (κ1) is 10.4. The highest BCUT2D eigenvalue weighted by atomic mass is 79.9. The van der Waals surface area contributed by atoms with Gasteiger partial charge in [0.2, 0.25) is 0 Å². The highest BCUT2D eigenvalue weighted by Crippen LogP contribution is 2.22. The lowest BCUT2D eigenvalue weighted by molar-refractivity contribution is 0.0518. The van der Waals surface area contributed by atoms with Gasteiger partial charge in [-0.2, -0.15) is 0 Å². The number of hydrogen-bond donors (Lipinski definition) is 0. The standard InChI is InChI=1S/C7H6BrClN2O2/c1-2-13-7(12)5-4(8)6(9)11-3-10-5/h3H,2H2,1H3. The number of ether oxygens (including phenoxy) is 1. The van der Waals surface area contributed by atoms with Crippen molar-refractivity contribution >= 4 is 33.5 Å². The van der Waals surface area contributed by atoms with E-state index in [1.807, 2.05) is 0 Å². The van der Waals surface area contributed by atoms with Crippen LogP contribution >= 0.6 is 27.5 Å². The predicted molar refractivity (Wildman–Crippen MR) is 50.7 cm³/mol. The van der Waals surface area contributed by atoms with Gasteiger partial charge in [-0.05, 0) is 22.9 Å². The van der Waals surface area contributed by atoms with Gasteiger partial charge < -0.3 is 4.74 Å². The van der Waals surface area contributed by atoms with Crippen LogP contribution in [0.1, 0.15) is 17.4 Å². The van der Waals surface area contributed by atoms with Gasteiger partial charge in [0.1, 0.15) is 11.5 Å². The van der Waals surface area contributed by atoms with E-state index in [-0.39, 0.29) is 10.8 Å². The summed E-state index contributed by atoms with van der Waals surface area (Å²) in [4.78, 5) is 18.6. The Bertz CT molecular complexity index is 332. The minimum absolute atomic E-state index is 0.141. The van der Waals surface area contributed by atoms with E-state index in [0.29, 0.717) is 11.1 Å². The average Bonchev–Trinajstić information content (AvgIpc) is 2.10. The lowest BCUT2D eigenvalue weighted by Crippen LogP contribution is -2.08. The molecule has 13 heavy (non-hydrogen) atoms. The van der Waals surface area contributed by atoms with Gasteiger partial charge in [0, 0.05) is 0 Å². The summed E-state index contributed by atoms with van der Waals surface area (Å²) in [5.74, 6) is -0.515. The van der Waals surface area contributed by atoms with Crippen LogP contribution in [0.4, 0.5) is 0 Å². The molecule has 0 N–H and O–H groups in total. The Hall–Kier alpha value is -0.680. The molecule has 0 bridgehead atoms. The summed E-state index contributed by atoms with van der Waals surface area (Å²) in [6, 6.07) is 0. The van der Waals surface area contributed by atoms with Crippen molar-refractivity contribution in [1.29, 1.82) is 0 Å². The maximum Gasteiger partial charge on any atom is 0.358 e. The number of esters is 1. The van der Waals surface area contributed by atoms with Gasteiger partial charge in [-0.25, -0.2) is 14.8 Å². The maximum absolute atomic E-state index is 11.2. The second-order valence-electron chi connectivity index (χ2n) is 2.05. The molecule has 0 saturated heterocycles. The molecule has 0 amide bonds. The smallest absolute Gasteiger partial charge is 0.358 e. The Morgan fingerprint density at radius 1 is 1.69 bits per heavy atom. The third-order valence-electron chi connectivity index (χ3n) is 1.22. The number of aromatic nitrogens is 2. The maximum atomic E-state index is 11.2. The number of hydrogen-bond acceptors (Lipinski definition) is 4. The molecule has 0 spiro atoms. The summed E-state index contributed by atoms with van der Waals surface area (Å²) in [6.45, 7) is 2.02. The second-order valence-corrected chi connectivity index (χ2v) is 3.20. The summed E-state index contributed by atoms with van der Waals surface area (Å²) in [6.07, 6.45) is 1.21. The average molecular weight is 265 g/mol. The van der Waals surface area contributed by atoms with Crippen molar-refractivity contribution in [3.05, 3.63) is 21.6 Å². The normalized spacial score (nSPS) is 9.77. The molecule has 0 atom stereocenters. The van der Waals surface area contributed by atoms with E-state index < -0.39 is 5.97 Å². The van der Waals surface area contributed by atoms with Crippen LogP contribution in [0.2, 0.25) is 5.15 Å². The van der Waals surface area contributed by atoms with E-state index in [4.69, 9.17) is 16.3 Å². The first-order valence-electron chi connectivity index (χ1n) is 3.50. The molecule has 0 aliphatic rings. The molecule has 0 unspecified atom stereocenters.